The second-order valence-electron chi connectivity index (χ2n) is 5.39. The van der Waals surface area contributed by atoms with Gasteiger partial charge in [-0.3, -0.25) is 9.59 Å². The van der Waals surface area contributed by atoms with E-state index >= 15 is 0 Å². The molecule has 126 valence electrons. The minimum absolute atomic E-state index is 0.0910. The predicted octanol–water partition coefficient (Wildman–Crippen LogP) is 2.04. The van der Waals surface area contributed by atoms with Crippen molar-refractivity contribution in [3.05, 3.63) is 35.6 Å². The summed E-state index contributed by atoms with van der Waals surface area (Å²) >= 11 is 0. The van der Waals surface area contributed by atoms with Crippen LogP contribution >= 0.6 is 0 Å². The highest BCUT2D eigenvalue weighted by atomic mass is 19.4. The van der Waals surface area contributed by atoms with Gasteiger partial charge in [-0.1, -0.05) is 18.2 Å². The molecule has 1 aromatic rings. The number of piperidine rings is 1. The Morgan fingerprint density at radius 3 is 2.35 bits per heavy atom. The fraction of sp³-hybridized carbons (Fsp3) is 0.467. The third-order valence-electron chi connectivity index (χ3n) is 3.74. The van der Waals surface area contributed by atoms with Crippen LogP contribution < -0.4 is 5.32 Å². The van der Waals surface area contributed by atoms with E-state index in [0.717, 1.165) is 0 Å². The first-order valence-electron chi connectivity index (χ1n) is 7.16. The standard InChI is InChI=1S/C15H16F4N2O2/c16-12-4-2-1-3-10(12)9-13(22)21-7-5-11(6-8-21)20-14(23)15(17,18)19/h1-4,11H,5-9H2,(H,20,23). The third-order valence-corrected chi connectivity index (χ3v) is 3.74. The van der Waals surface area contributed by atoms with Crippen LogP contribution in [0.4, 0.5) is 17.6 Å². The third kappa shape index (κ3) is 4.67. The summed E-state index contributed by atoms with van der Waals surface area (Å²) in [6, 6.07) is 5.33. The van der Waals surface area contributed by atoms with Gasteiger partial charge in [-0.2, -0.15) is 13.2 Å². The number of alkyl halides is 3. The lowest BCUT2D eigenvalue weighted by Crippen LogP contribution is -2.49. The Bertz CT molecular complexity index is 581. The number of carbonyl (C=O) groups is 2. The number of hydrogen-bond donors (Lipinski definition) is 1. The topological polar surface area (TPSA) is 49.4 Å². The SMILES string of the molecule is O=C(Cc1ccccc1F)N1CCC(NC(=O)C(F)(F)F)CC1. The zero-order valence-electron chi connectivity index (χ0n) is 12.2. The highest BCUT2D eigenvalue weighted by molar-refractivity contribution is 5.82. The molecule has 0 aliphatic carbocycles. The van der Waals surface area contributed by atoms with Gasteiger partial charge >= 0.3 is 12.1 Å². The summed E-state index contributed by atoms with van der Waals surface area (Å²) in [6.07, 6.45) is -4.51. The average molecular weight is 332 g/mol. The van der Waals surface area contributed by atoms with Crippen molar-refractivity contribution in [3.63, 3.8) is 0 Å². The van der Waals surface area contributed by atoms with E-state index in [2.05, 4.69) is 0 Å². The molecule has 0 atom stereocenters. The molecule has 1 aliphatic heterocycles. The number of benzene rings is 1. The quantitative estimate of drug-likeness (QED) is 0.861. The number of carbonyl (C=O) groups excluding carboxylic acids is 2. The lowest BCUT2D eigenvalue weighted by molar-refractivity contribution is -0.174. The lowest BCUT2D eigenvalue weighted by Gasteiger charge is -2.32. The fourth-order valence-electron chi connectivity index (χ4n) is 2.46. The number of likely N-dealkylation sites (tertiary alicyclic amines) is 1. The van der Waals surface area contributed by atoms with Gasteiger partial charge in [-0.15, -0.1) is 0 Å². The van der Waals surface area contributed by atoms with Crippen molar-refractivity contribution in [1.29, 1.82) is 0 Å². The normalized spacial score (nSPS) is 16.3. The van der Waals surface area contributed by atoms with Crippen LogP contribution in [0.15, 0.2) is 24.3 Å². The smallest absolute Gasteiger partial charge is 0.345 e. The first kappa shape index (κ1) is 17.2. The van der Waals surface area contributed by atoms with E-state index in [1.165, 1.54) is 23.1 Å². The van der Waals surface area contributed by atoms with Crippen LogP contribution in [0.1, 0.15) is 18.4 Å². The van der Waals surface area contributed by atoms with E-state index in [4.69, 9.17) is 0 Å². The summed E-state index contributed by atoms with van der Waals surface area (Å²) in [4.78, 5) is 24.4. The molecular weight excluding hydrogens is 316 g/mol. The molecule has 1 N–H and O–H groups in total. The zero-order valence-corrected chi connectivity index (χ0v) is 12.2. The van der Waals surface area contributed by atoms with E-state index in [9.17, 15) is 27.2 Å². The molecule has 1 aliphatic rings. The molecule has 1 heterocycles. The molecule has 0 saturated carbocycles. The maximum atomic E-state index is 13.5. The van der Waals surface area contributed by atoms with Crippen molar-refractivity contribution in [2.45, 2.75) is 31.5 Å². The number of amides is 2. The number of rotatable bonds is 3. The second kappa shape index (κ2) is 6.97. The van der Waals surface area contributed by atoms with Crippen molar-refractivity contribution < 1.29 is 27.2 Å². The molecule has 1 fully saturated rings. The van der Waals surface area contributed by atoms with E-state index in [1.807, 2.05) is 5.32 Å². The van der Waals surface area contributed by atoms with Crippen LogP contribution in [0, 0.1) is 5.82 Å². The summed E-state index contributed by atoms with van der Waals surface area (Å²) in [5.41, 5.74) is 0.282. The van der Waals surface area contributed by atoms with Gasteiger partial charge in [0.15, 0.2) is 0 Å². The summed E-state index contributed by atoms with van der Waals surface area (Å²) in [5, 5.41) is 1.92. The van der Waals surface area contributed by atoms with E-state index in [-0.39, 0.29) is 43.8 Å². The molecule has 8 heteroatoms. The van der Waals surface area contributed by atoms with Gasteiger partial charge in [0.25, 0.3) is 0 Å². The molecule has 4 nitrogen and oxygen atoms in total. The molecule has 0 spiro atoms. The van der Waals surface area contributed by atoms with E-state index in [0.29, 0.717) is 0 Å². The van der Waals surface area contributed by atoms with Crippen LogP contribution in [0.3, 0.4) is 0 Å². The first-order chi connectivity index (χ1) is 10.8. The average Bonchev–Trinajstić information content (AvgIpc) is 2.49. The van der Waals surface area contributed by atoms with Gasteiger partial charge in [-0.25, -0.2) is 4.39 Å². The van der Waals surface area contributed by atoms with Gasteiger partial charge in [0.05, 0.1) is 6.42 Å². The van der Waals surface area contributed by atoms with Gasteiger partial charge in [0.1, 0.15) is 5.82 Å². The minimum Gasteiger partial charge on any atom is -0.345 e. The van der Waals surface area contributed by atoms with Gasteiger partial charge in [0, 0.05) is 19.1 Å². The summed E-state index contributed by atoms with van der Waals surface area (Å²) < 4.78 is 50.0. The first-order valence-corrected chi connectivity index (χ1v) is 7.16. The molecule has 0 radical (unpaired) electrons. The molecular formula is C15H16F4N2O2. The Labute approximate surface area is 130 Å². The number of halogens is 4. The van der Waals surface area contributed by atoms with E-state index < -0.39 is 23.9 Å². The Balaban J connectivity index is 1.83. The predicted molar refractivity (Wildman–Crippen MR) is 73.9 cm³/mol. The molecule has 0 unspecified atom stereocenters. The van der Waals surface area contributed by atoms with Gasteiger partial charge in [0.2, 0.25) is 5.91 Å². The maximum absolute atomic E-state index is 13.5. The molecule has 2 rings (SSSR count). The Hall–Kier alpha value is -2.12. The van der Waals surface area contributed by atoms with Crippen LogP contribution in [0.25, 0.3) is 0 Å². The largest absolute Gasteiger partial charge is 0.471 e. The summed E-state index contributed by atoms with van der Waals surface area (Å²) in [7, 11) is 0. The Morgan fingerprint density at radius 1 is 1.17 bits per heavy atom. The van der Waals surface area contributed by atoms with Crippen LogP contribution in [0.2, 0.25) is 0 Å². The zero-order chi connectivity index (χ0) is 17.0. The molecule has 1 aromatic carbocycles. The molecule has 0 aromatic heterocycles. The fourth-order valence-corrected chi connectivity index (χ4v) is 2.46. The number of hydrogen-bond acceptors (Lipinski definition) is 2. The van der Waals surface area contributed by atoms with E-state index in [1.54, 1.807) is 6.07 Å². The summed E-state index contributed by atoms with van der Waals surface area (Å²) in [5.74, 6) is -2.71. The molecule has 0 bridgehead atoms. The van der Waals surface area contributed by atoms with Crippen molar-refractivity contribution in [2.24, 2.45) is 0 Å². The molecule has 23 heavy (non-hydrogen) atoms. The monoisotopic (exact) mass is 332 g/mol. The van der Waals surface area contributed by atoms with Crippen molar-refractivity contribution in [3.8, 4) is 0 Å². The second-order valence-corrected chi connectivity index (χ2v) is 5.39. The van der Waals surface area contributed by atoms with Crippen LogP contribution in [-0.2, 0) is 16.0 Å². The van der Waals surface area contributed by atoms with Crippen molar-refractivity contribution >= 4 is 11.8 Å². The number of nitrogens with zero attached hydrogens (tertiary/aromatic N) is 1. The van der Waals surface area contributed by atoms with Crippen LogP contribution in [0.5, 0.6) is 0 Å². The Kier molecular flexibility index (Phi) is 5.23. The summed E-state index contributed by atoms with van der Waals surface area (Å²) in [6.45, 7) is 0.464. The lowest BCUT2D eigenvalue weighted by atomic mass is 10.0. The molecule has 1 saturated heterocycles. The minimum atomic E-state index is -4.90. The van der Waals surface area contributed by atoms with Crippen molar-refractivity contribution in [2.75, 3.05) is 13.1 Å². The number of nitrogens with one attached hydrogen (secondary N) is 1. The highest BCUT2D eigenvalue weighted by Gasteiger charge is 2.40. The van der Waals surface area contributed by atoms with Gasteiger partial charge in [-0.05, 0) is 24.5 Å². The Morgan fingerprint density at radius 2 is 1.78 bits per heavy atom. The highest BCUT2D eigenvalue weighted by Crippen LogP contribution is 2.18. The molecule has 2 amide bonds. The van der Waals surface area contributed by atoms with Crippen LogP contribution in [-0.4, -0.2) is 42.0 Å². The van der Waals surface area contributed by atoms with Gasteiger partial charge < -0.3 is 10.2 Å². The maximum Gasteiger partial charge on any atom is 0.471 e. The van der Waals surface area contributed by atoms with Crippen molar-refractivity contribution in [1.82, 2.24) is 10.2 Å².